The van der Waals surface area contributed by atoms with Gasteiger partial charge in [-0.15, -0.1) is 0 Å². The molecule has 0 bridgehead atoms. The van der Waals surface area contributed by atoms with Crippen LogP contribution >= 0.6 is 0 Å². The van der Waals surface area contributed by atoms with Gasteiger partial charge in [0.05, 0.1) is 11.8 Å². The van der Waals surface area contributed by atoms with Gasteiger partial charge in [0.2, 0.25) is 5.91 Å². The minimum atomic E-state index is -0.890. The Balaban J connectivity index is 1.90. The largest absolute Gasteiger partial charge is 0.481 e. The second kappa shape index (κ2) is 6.70. The first-order valence-corrected chi connectivity index (χ1v) is 7.25. The Labute approximate surface area is 123 Å². The molecule has 0 aromatic heterocycles. The van der Waals surface area contributed by atoms with Gasteiger partial charge in [-0.1, -0.05) is 18.6 Å². The lowest BCUT2D eigenvalue weighted by Gasteiger charge is -2.19. The molecule has 0 heterocycles. The van der Waals surface area contributed by atoms with Crippen molar-refractivity contribution >= 4 is 11.9 Å². The van der Waals surface area contributed by atoms with Crippen LogP contribution < -0.4 is 5.32 Å². The quantitative estimate of drug-likeness (QED) is 0.876. The van der Waals surface area contributed by atoms with Gasteiger partial charge >= 0.3 is 5.97 Å². The van der Waals surface area contributed by atoms with Gasteiger partial charge in [0.1, 0.15) is 5.82 Å². The molecule has 2 N–H and O–H groups in total. The van der Waals surface area contributed by atoms with Gasteiger partial charge in [-0.05, 0) is 43.9 Å². The maximum atomic E-state index is 12.8. The van der Waals surface area contributed by atoms with Gasteiger partial charge in [0, 0.05) is 6.04 Å². The van der Waals surface area contributed by atoms with E-state index in [-0.39, 0.29) is 17.8 Å². The fraction of sp³-hybridized carbons (Fsp3) is 0.500. The summed E-state index contributed by atoms with van der Waals surface area (Å²) in [5.41, 5.74) is 0.936. The Kier molecular flexibility index (Phi) is 4.94. The molecule has 1 aliphatic rings. The molecule has 1 aromatic rings. The highest BCUT2D eigenvalue weighted by molar-refractivity contribution is 5.85. The van der Waals surface area contributed by atoms with Crippen molar-refractivity contribution in [1.82, 2.24) is 5.32 Å². The molecule has 4 nitrogen and oxygen atoms in total. The van der Waals surface area contributed by atoms with Gasteiger partial charge in [-0.3, -0.25) is 9.59 Å². The summed E-state index contributed by atoms with van der Waals surface area (Å²) in [6, 6.07) is 6.04. The van der Waals surface area contributed by atoms with Crippen molar-refractivity contribution in [3.8, 4) is 0 Å². The van der Waals surface area contributed by atoms with Crippen molar-refractivity contribution in [3.05, 3.63) is 35.6 Å². The molecule has 0 aliphatic heterocycles. The lowest BCUT2D eigenvalue weighted by Crippen LogP contribution is -2.40. The third-order valence-electron chi connectivity index (χ3n) is 4.01. The smallest absolute Gasteiger partial charge is 0.307 e. The molecule has 5 heteroatoms. The van der Waals surface area contributed by atoms with Crippen LogP contribution in [-0.4, -0.2) is 23.0 Å². The number of carbonyl (C=O) groups excluding carboxylic acids is 1. The third-order valence-corrected chi connectivity index (χ3v) is 4.01. The number of nitrogens with one attached hydrogen (secondary N) is 1. The average molecular weight is 293 g/mol. The van der Waals surface area contributed by atoms with Crippen molar-refractivity contribution in [2.45, 2.75) is 38.6 Å². The second-order valence-electron chi connectivity index (χ2n) is 5.72. The predicted octanol–water partition coefficient (Wildman–Crippen LogP) is 2.37. The molecule has 114 valence electrons. The standard InChI is InChI=1S/C16H20FNO3/c1-10(9-11-5-7-12(17)8-6-11)18-15(19)13-3-2-4-14(13)16(20)21/h5-8,10,13-14H,2-4,9H2,1H3,(H,18,19)(H,20,21). The maximum absolute atomic E-state index is 12.8. The van der Waals surface area contributed by atoms with Gasteiger partial charge < -0.3 is 10.4 Å². The number of carboxylic acids is 1. The highest BCUT2D eigenvalue weighted by atomic mass is 19.1. The van der Waals surface area contributed by atoms with Gasteiger partial charge in [-0.25, -0.2) is 4.39 Å². The molecule has 3 atom stereocenters. The zero-order valence-electron chi connectivity index (χ0n) is 12.0. The van der Waals surface area contributed by atoms with E-state index in [1.807, 2.05) is 6.92 Å². The molecule has 0 radical (unpaired) electrons. The van der Waals surface area contributed by atoms with Crippen LogP contribution in [0.15, 0.2) is 24.3 Å². The lowest BCUT2D eigenvalue weighted by molar-refractivity contribution is -0.146. The normalized spacial score (nSPS) is 22.8. The molecule has 1 aliphatic carbocycles. The number of rotatable bonds is 5. The van der Waals surface area contributed by atoms with Crippen LogP contribution in [-0.2, 0) is 16.0 Å². The van der Waals surface area contributed by atoms with E-state index >= 15 is 0 Å². The van der Waals surface area contributed by atoms with Crippen LogP contribution in [0.1, 0.15) is 31.7 Å². The van der Waals surface area contributed by atoms with Crippen molar-refractivity contribution in [2.75, 3.05) is 0 Å². The molecule has 1 aromatic carbocycles. The summed E-state index contributed by atoms with van der Waals surface area (Å²) in [6.07, 6.45) is 2.57. The number of amides is 1. The van der Waals surface area contributed by atoms with Crippen molar-refractivity contribution in [1.29, 1.82) is 0 Å². The summed E-state index contributed by atoms with van der Waals surface area (Å²) in [5.74, 6) is -2.36. The molecule has 21 heavy (non-hydrogen) atoms. The van der Waals surface area contributed by atoms with Crippen LogP contribution in [0.2, 0.25) is 0 Å². The average Bonchev–Trinajstić information content (AvgIpc) is 2.91. The number of hydrogen-bond donors (Lipinski definition) is 2. The number of halogens is 1. The van der Waals surface area contributed by atoms with Gasteiger partial charge in [0.15, 0.2) is 0 Å². The fourth-order valence-corrected chi connectivity index (χ4v) is 2.94. The summed E-state index contributed by atoms with van der Waals surface area (Å²) < 4.78 is 12.8. The maximum Gasteiger partial charge on any atom is 0.307 e. The van der Waals surface area contributed by atoms with Crippen LogP contribution in [0.5, 0.6) is 0 Å². The summed E-state index contributed by atoms with van der Waals surface area (Å²) in [7, 11) is 0. The molecule has 1 amide bonds. The predicted molar refractivity (Wildman–Crippen MR) is 76.2 cm³/mol. The molecule has 2 rings (SSSR count). The Morgan fingerprint density at radius 2 is 1.90 bits per heavy atom. The van der Waals surface area contributed by atoms with E-state index < -0.39 is 17.8 Å². The monoisotopic (exact) mass is 293 g/mol. The molecule has 0 saturated heterocycles. The Hall–Kier alpha value is -1.91. The molecular weight excluding hydrogens is 273 g/mol. The zero-order chi connectivity index (χ0) is 15.4. The van der Waals surface area contributed by atoms with E-state index in [1.54, 1.807) is 12.1 Å². The van der Waals surface area contributed by atoms with Crippen molar-refractivity contribution in [3.63, 3.8) is 0 Å². The Morgan fingerprint density at radius 1 is 1.29 bits per heavy atom. The second-order valence-corrected chi connectivity index (χ2v) is 5.72. The number of aliphatic carboxylic acids is 1. The van der Waals surface area contributed by atoms with Crippen LogP contribution in [0.25, 0.3) is 0 Å². The minimum Gasteiger partial charge on any atom is -0.481 e. The highest BCUT2D eigenvalue weighted by Gasteiger charge is 2.37. The first kappa shape index (κ1) is 15.5. The molecule has 3 unspecified atom stereocenters. The van der Waals surface area contributed by atoms with E-state index in [4.69, 9.17) is 5.11 Å². The third kappa shape index (κ3) is 4.03. The first-order valence-electron chi connectivity index (χ1n) is 7.25. The van der Waals surface area contributed by atoms with Crippen LogP contribution in [0.3, 0.4) is 0 Å². The van der Waals surface area contributed by atoms with Crippen LogP contribution in [0.4, 0.5) is 4.39 Å². The summed E-state index contributed by atoms with van der Waals surface area (Å²) >= 11 is 0. The topological polar surface area (TPSA) is 66.4 Å². The number of benzene rings is 1. The van der Waals surface area contributed by atoms with Crippen molar-refractivity contribution < 1.29 is 19.1 Å². The van der Waals surface area contributed by atoms with E-state index in [1.165, 1.54) is 12.1 Å². The number of hydrogen-bond acceptors (Lipinski definition) is 2. The van der Waals surface area contributed by atoms with Crippen LogP contribution in [0, 0.1) is 17.7 Å². The highest BCUT2D eigenvalue weighted by Crippen LogP contribution is 2.32. The lowest BCUT2D eigenvalue weighted by atomic mass is 9.95. The zero-order valence-corrected chi connectivity index (χ0v) is 12.0. The van der Waals surface area contributed by atoms with E-state index in [2.05, 4.69) is 5.32 Å². The number of carboxylic acid groups (broad SMARTS) is 1. The van der Waals surface area contributed by atoms with Gasteiger partial charge in [-0.2, -0.15) is 0 Å². The first-order chi connectivity index (χ1) is 9.97. The Bertz CT molecular complexity index is 515. The fourth-order valence-electron chi connectivity index (χ4n) is 2.94. The van der Waals surface area contributed by atoms with E-state index in [0.29, 0.717) is 19.3 Å². The summed E-state index contributed by atoms with van der Waals surface area (Å²) in [4.78, 5) is 23.3. The molecule has 1 fully saturated rings. The van der Waals surface area contributed by atoms with E-state index in [9.17, 15) is 14.0 Å². The Morgan fingerprint density at radius 3 is 2.52 bits per heavy atom. The minimum absolute atomic E-state index is 0.113. The molecule has 0 spiro atoms. The van der Waals surface area contributed by atoms with E-state index in [0.717, 1.165) is 12.0 Å². The van der Waals surface area contributed by atoms with Crippen molar-refractivity contribution in [2.24, 2.45) is 11.8 Å². The number of carbonyl (C=O) groups is 2. The van der Waals surface area contributed by atoms with Gasteiger partial charge in [0.25, 0.3) is 0 Å². The molecular formula is C16H20FNO3. The summed E-state index contributed by atoms with van der Waals surface area (Å²) in [5, 5.41) is 12.0. The summed E-state index contributed by atoms with van der Waals surface area (Å²) in [6.45, 7) is 1.87. The SMILES string of the molecule is CC(Cc1ccc(F)cc1)NC(=O)C1CCCC1C(=O)O. The molecule has 1 saturated carbocycles.